The van der Waals surface area contributed by atoms with Crippen LogP contribution in [0.5, 0.6) is 0 Å². The van der Waals surface area contributed by atoms with Gasteiger partial charge >= 0.3 is 0 Å². The number of fused-ring (bicyclic) bond motifs is 1. The van der Waals surface area contributed by atoms with Crippen LogP contribution in [0.15, 0.2) is 10.9 Å². The Balaban J connectivity index is 2.45. The van der Waals surface area contributed by atoms with E-state index in [2.05, 4.69) is 19.9 Å². The molecular weight excluding hydrogens is 172 g/mol. The number of hydrogen-bond acceptors (Lipinski definition) is 1. The van der Waals surface area contributed by atoms with Crippen molar-refractivity contribution in [1.29, 1.82) is 0 Å². The van der Waals surface area contributed by atoms with Crippen molar-refractivity contribution in [3.63, 3.8) is 0 Å². The van der Waals surface area contributed by atoms with E-state index in [4.69, 9.17) is 0 Å². The van der Waals surface area contributed by atoms with Gasteiger partial charge in [0.1, 0.15) is 0 Å². The van der Waals surface area contributed by atoms with Gasteiger partial charge in [0.2, 0.25) is 0 Å². The Labute approximate surface area is 84.4 Å². The third kappa shape index (κ3) is 1.28. The standard InChI is InChI=1S/C13H16O/c1-4-5-6-10-7-8(2)9(3)11-12(10)13(11)14/h7H,4-6H2,1-3H3. The molecule has 0 aliphatic carbocycles. The van der Waals surface area contributed by atoms with Crippen molar-refractivity contribution in [2.24, 2.45) is 0 Å². The van der Waals surface area contributed by atoms with E-state index in [-0.39, 0.29) is 0 Å². The molecule has 0 fully saturated rings. The first-order valence-corrected chi connectivity index (χ1v) is 5.34. The Morgan fingerprint density at radius 3 is 2.57 bits per heavy atom. The largest absolute Gasteiger partial charge is 0.289 e. The van der Waals surface area contributed by atoms with Gasteiger partial charge in [0.05, 0.1) is 0 Å². The highest BCUT2D eigenvalue weighted by Crippen LogP contribution is 2.27. The highest BCUT2D eigenvalue weighted by molar-refractivity contribution is 6.03. The molecule has 0 N–H and O–H groups in total. The molecule has 1 heteroatoms. The van der Waals surface area contributed by atoms with Gasteiger partial charge in [-0.15, -0.1) is 0 Å². The van der Waals surface area contributed by atoms with E-state index in [1.807, 2.05) is 6.92 Å². The first-order chi connectivity index (χ1) is 6.66. The molecule has 0 radical (unpaired) electrons. The zero-order valence-corrected chi connectivity index (χ0v) is 9.11. The molecule has 1 nitrogen and oxygen atoms in total. The van der Waals surface area contributed by atoms with E-state index in [9.17, 15) is 4.79 Å². The minimum absolute atomic E-state index is 0.293. The molecule has 74 valence electrons. The highest BCUT2D eigenvalue weighted by Gasteiger charge is 2.20. The van der Waals surface area contributed by atoms with Gasteiger partial charge in [0.25, 0.3) is 0 Å². The maximum absolute atomic E-state index is 11.5. The van der Waals surface area contributed by atoms with Crippen molar-refractivity contribution < 1.29 is 0 Å². The summed E-state index contributed by atoms with van der Waals surface area (Å²) in [6.45, 7) is 6.32. The van der Waals surface area contributed by atoms with Crippen molar-refractivity contribution in [2.45, 2.75) is 40.0 Å². The lowest BCUT2D eigenvalue weighted by Crippen LogP contribution is -1.86. The van der Waals surface area contributed by atoms with Gasteiger partial charge < -0.3 is 0 Å². The average Bonchev–Trinajstić information content (AvgIpc) is 2.82. The predicted molar refractivity (Wildman–Crippen MR) is 60.7 cm³/mol. The molecular formula is C13H16O. The maximum atomic E-state index is 11.5. The molecule has 0 aliphatic heterocycles. The fourth-order valence-electron chi connectivity index (χ4n) is 2.04. The highest BCUT2D eigenvalue weighted by atomic mass is 16.1. The van der Waals surface area contributed by atoms with Crippen LogP contribution in [0.3, 0.4) is 0 Å². The van der Waals surface area contributed by atoms with Crippen LogP contribution in [0.25, 0.3) is 10.8 Å². The smallest absolute Gasteiger partial charge is 0.195 e. The van der Waals surface area contributed by atoms with Crippen LogP contribution in [0.2, 0.25) is 0 Å². The van der Waals surface area contributed by atoms with Crippen LogP contribution in [0.1, 0.15) is 36.5 Å². The fourth-order valence-corrected chi connectivity index (χ4v) is 2.04. The Bertz CT molecular complexity index is 484. The minimum atomic E-state index is 0.293. The molecule has 0 spiro atoms. The second kappa shape index (κ2) is 3.23. The summed E-state index contributed by atoms with van der Waals surface area (Å²) < 4.78 is 0. The molecule has 0 aromatic heterocycles. The molecule has 2 aromatic carbocycles. The molecule has 0 amide bonds. The summed E-state index contributed by atoms with van der Waals surface area (Å²) in [6, 6.07) is 2.19. The van der Waals surface area contributed by atoms with E-state index >= 15 is 0 Å². The first-order valence-electron chi connectivity index (χ1n) is 5.34. The van der Waals surface area contributed by atoms with Crippen molar-refractivity contribution >= 4 is 10.8 Å². The molecule has 0 saturated heterocycles. The number of rotatable bonds is 3. The lowest BCUT2D eigenvalue weighted by molar-refractivity contribution is 0.799. The van der Waals surface area contributed by atoms with Gasteiger partial charge in [-0.25, -0.2) is 0 Å². The number of benzene rings is 1. The fraction of sp³-hybridized carbons (Fsp3) is 0.462. The van der Waals surface area contributed by atoms with Crippen LogP contribution in [-0.2, 0) is 6.42 Å². The Morgan fingerprint density at radius 2 is 1.93 bits per heavy atom. The molecule has 2 aromatic rings. The van der Waals surface area contributed by atoms with E-state index in [0.29, 0.717) is 5.43 Å². The molecule has 0 saturated carbocycles. The summed E-state index contributed by atoms with van der Waals surface area (Å²) in [5, 5.41) is 2.04. The Hall–Kier alpha value is -1.11. The van der Waals surface area contributed by atoms with Gasteiger partial charge in [-0.1, -0.05) is 19.4 Å². The van der Waals surface area contributed by atoms with E-state index < -0.39 is 0 Å². The van der Waals surface area contributed by atoms with Gasteiger partial charge in [-0.3, -0.25) is 4.79 Å². The van der Waals surface area contributed by atoms with Gasteiger partial charge in [0, 0.05) is 10.8 Å². The summed E-state index contributed by atoms with van der Waals surface area (Å²) in [5.74, 6) is 0. The molecule has 0 bridgehead atoms. The average molecular weight is 188 g/mol. The van der Waals surface area contributed by atoms with E-state index in [0.717, 1.165) is 17.2 Å². The second-order valence-corrected chi connectivity index (χ2v) is 4.16. The Morgan fingerprint density at radius 1 is 1.21 bits per heavy atom. The topological polar surface area (TPSA) is 17.1 Å². The normalized spacial score (nSPS) is 11.6. The third-order valence-electron chi connectivity index (χ3n) is 3.12. The molecule has 0 atom stereocenters. The molecule has 14 heavy (non-hydrogen) atoms. The molecule has 0 aliphatic rings. The third-order valence-corrected chi connectivity index (χ3v) is 3.12. The van der Waals surface area contributed by atoms with Crippen molar-refractivity contribution in [2.75, 3.05) is 0 Å². The molecule has 0 heterocycles. The van der Waals surface area contributed by atoms with Crippen LogP contribution < -0.4 is 5.43 Å². The molecule has 2 rings (SSSR count). The summed E-state index contributed by atoms with van der Waals surface area (Å²) in [4.78, 5) is 11.5. The maximum Gasteiger partial charge on any atom is 0.195 e. The van der Waals surface area contributed by atoms with E-state index in [1.165, 1.54) is 29.5 Å². The zero-order chi connectivity index (χ0) is 10.3. The number of hydrogen-bond donors (Lipinski definition) is 0. The SMILES string of the molecule is CCCCc1cc(C)c(C)c2c(=O)c12. The minimum Gasteiger partial charge on any atom is -0.289 e. The van der Waals surface area contributed by atoms with Gasteiger partial charge in [-0.2, -0.15) is 0 Å². The summed E-state index contributed by atoms with van der Waals surface area (Å²) >= 11 is 0. The lowest BCUT2D eigenvalue weighted by Gasteiger charge is -2.02. The lowest BCUT2D eigenvalue weighted by atomic mass is 10.0. The Kier molecular flexibility index (Phi) is 2.18. The first kappa shape index (κ1) is 9.45. The van der Waals surface area contributed by atoms with Gasteiger partial charge in [-0.05, 0) is 43.4 Å². The molecule has 0 unspecified atom stereocenters. The van der Waals surface area contributed by atoms with Crippen LogP contribution in [0.4, 0.5) is 0 Å². The quantitative estimate of drug-likeness (QED) is 0.723. The summed E-state index contributed by atoms with van der Waals surface area (Å²) in [5.41, 5.74) is 4.02. The summed E-state index contributed by atoms with van der Waals surface area (Å²) in [7, 11) is 0. The second-order valence-electron chi connectivity index (χ2n) is 4.16. The van der Waals surface area contributed by atoms with Crippen LogP contribution in [0, 0.1) is 13.8 Å². The van der Waals surface area contributed by atoms with Crippen molar-refractivity contribution in [3.05, 3.63) is 33.0 Å². The van der Waals surface area contributed by atoms with Crippen molar-refractivity contribution in [3.8, 4) is 0 Å². The van der Waals surface area contributed by atoms with Gasteiger partial charge in [0.15, 0.2) is 5.43 Å². The zero-order valence-electron chi connectivity index (χ0n) is 9.11. The monoisotopic (exact) mass is 188 g/mol. The van der Waals surface area contributed by atoms with Crippen LogP contribution >= 0.6 is 0 Å². The van der Waals surface area contributed by atoms with E-state index in [1.54, 1.807) is 0 Å². The van der Waals surface area contributed by atoms with Crippen LogP contribution in [-0.4, -0.2) is 0 Å². The number of aryl methyl sites for hydroxylation is 3. The summed E-state index contributed by atoms with van der Waals surface area (Å²) in [6.07, 6.45) is 3.43. The predicted octanol–water partition coefficient (Wildman–Crippen LogP) is 3.04. The number of unbranched alkanes of at least 4 members (excludes halogenated alkanes) is 1. The van der Waals surface area contributed by atoms with Crippen molar-refractivity contribution in [1.82, 2.24) is 0 Å².